The molecule has 3 amide bonds. The van der Waals surface area contributed by atoms with E-state index in [4.69, 9.17) is 0 Å². The normalized spacial score (nSPS) is 15.8. The molecule has 0 saturated carbocycles. The molecule has 1 atom stereocenters. The largest absolute Gasteiger partial charge is 0.353 e. The van der Waals surface area contributed by atoms with Crippen molar-refractivity contribution < 1.29 is 14.4 Å². The molecule has 0 spiro atoms. The summed E-state index contributed by atoms with van der Waals surface area (Å²) >= 11 is 0. The standard InChI is InChI=1S/C33H46N4O3/c1-2-3-4-5-6-7-8-9-10-11-12-13-14-15-16-17-18-23-31(38)37-27-20-22-30(37)33(40)36-26-25-35-32(39)29-21-19-24-34-28-29/h3-4,6-7,9-10,12-13,15-16,19,21,24,28,30H,2,5,8,11,14,17-18,20,22-23,25-27H2,1H3,(H,35,39)(H,36,40)/t30-/m0/s1. The number of nitrogens with zero attached hydrogens (tertiary/aromatic N) is 2. The molecule has 40 heavy (non-hydrogen) atoms. The van der Waals surface area contributed by atoms with E-state index >= 15 is 0 Å². The average molecular weight is 547 g/mol. The highest BCUT2D eigenvalue weighted by Gasteiger charge is 2.33. The molecule has 0 bridgehead atoms. The number of pyridine rings is 1. The Bertz CT molecular complexity index is 1030. The van der Waals surface area contributed by atoms with Crippen LogP contribution in [-0.4, -0.2) is 53.3 Å². The second kappa shape index (κ2) is 21.1. The van der Waals surface area contributed by atoms with Gasteiger partial charge in [-0.2, -0.15) is 0 Å². The van der Waals surface area contributed by atoms with Crippen LogP contribution in [0, 0.1) is 0 Å². The lowest BCUT2D eigenvalue weighted by molar-refractivity contribution is -0.138. The Kier molecular flexibility index (Phi) is 17.2. The first kappa shape index (κ1) is 32.5. The molecular weight excluding hydrogens is 500 g/mol. The van der Waals surface area contributed by atoms with Gasteiger partial charge < -0.3 is 15.5 Å². The molecule has 2 N–H and O–H groups in total. The minimum Gasteiger partial charge on any atom is -0.353 e. The van der Waals surface area contributed by atoms with E-state index in [2.05, 4.69) is 83.3 Å². The van der Waals surface area contributed by atoms with Crippen LogP contribution in [-0.2, 0) is 9.59 Å². The average Bonchev–Trinajstić information content (AvgIpc) is 3.47. The number of allylic oxidation sites excluding steroid dienone is 10. The third-order valence-electron chi connectivity index (χ3n) is 6.43. The van der Waals surface area contributed by atoms with Gasteiger partial charge in [0.15, 0.2) is 0 Å². The number of carbonyl (C=O) groups excluding carboxylic acids is 3. The highest BCUT2D eigenvalue weighted by molar-refractivity contribution is 5.93. The van der Waals surface area contributed by atoms with Gasteiger partial charge in [0.05, 0.1) is 5.56 Å². The first-order chi connectivity index (χ1) is 19.6. The van der Waals surface area contributed by atoms with Crippen molar-refractivity contribution >= 4 is 17.7 Å². The zero-order valence-corrected chi connectivity index (χ0v) is 24.0. The highest BCUT2D eigenvalue weighted by Crippen LogP contribution is 2.19. The van der Waals surface area contributed by atoms with Crippen LogP contribution in [0.25, 0.3) is 0 Å². The van der Waals surface area contributed by atoms with Gasteiger partial charge in [0.2, 0.25) is 11.8 Å². The molecule has 0 aromatic carbocycles. The van der Waals surface area contributed by atoms with Gasteiger partial charge in [-0.15, -0.1) is 0 Å². The van der Waals surface area contributed by atoms with E-state index < -0.39 is 6.04 Å². The van der Waals surface area contributed by atoms with Crippen molar-refractivity contribution in [2.24, 2.45) is 0 Å². The van der Waals surface area contributed by atoms with Crippen LogP contribution in [0.3, 0.4) is 0 Å². The number of carbonyl (C=O) groups is 3. The topological polar surface area (TPSA) is 91.4 Å². The third-order valence-corrected chi connectivity index (χ3v) is 6.43. The van der Waals surface area contributed by atoms with Crippen molar-refractivity contribution in [2.75, 3.05) is 19.6 Å². The first-order valence-electron chi connectivity index (χ1n) is 14.6. The van der Waals surface area contributed by atoms with E-state index in [1.54, 1.807) is 23.2 Å². The fourth-order valence-corrected chi connectivity index (χ4v) is 4.30. The van der Waals surface area contributed by atoms with Gasteiger partial charge in [-0.25, -0.2) is 0 Å². The maximum Gasteiger partial charge on any atom is 0.252 e. The van der Waals surface area contributed by atoms with E-state index in [9.17, 15) is 14.4 Å². The van der Waals surface area contributed by atoms with Crippen molar-refractivity contribution in [1.82, 2.24) is 20.5 Å². The molecule has 0 radical (unpaired) electrons. The molecule has 0 aliphatic carbocycles. The molecule has 216 valence electrons. The molecule has 7 heteroatoms. The quantitative estimate of drug-likeness (QED) is 0.179. The summed E-state index contributed by atoms with van der Waals surface area (Å²) in [6.45, 7) is 3.39. The van der Waals surface area contributed by atoms with E-state index in [0.29, 0.717) is 38.0 Å². The molecule has 0 unspecified atom stereocenters. The van der Waals surface area contributed by atoms with Crippen molar-refractivity contribution in [3.8, 4) is 0 Å². The summed E-state index contributed by atoms with van der Waals surface area (Å²) in [6.07, 6.45) is 33.3. The Morgan fingerprint density at radius 2 is 1.52 bits per heavy atom. The van der Waals surface area contributed by atoms with E-state index in [1.807, 2.05) is 0 Å². The van der Waals surface area contributed by atoms with E-state index in [1.165, 1.54) is 6.20 Å². The second-order valence-electron chi connectivity index (χ2n) is 9.63. The molecule has 1 fully saturated rings. The highest BCUT2D eigenvalue weighted by atomic mass is 16.2. The molecule has 2 heterocycles. The molecule has 1 saturated heterocycles. The SMILES string of the molecule is CCC=CCC=CCC=CCC=CCC=CCCCC(=O)N1CCC[C@H]1C(=O)NCCNC(=O)c1cccnc1. The Labute approximate surface area is 240 Å². The Hall–Kier alpha value is -3.74. The fourth-order valence-electron chi connectivity index (χ4n) is 4.30. The van der Waals surface area contributed by atoms with Crippen LogP contribution >= 0.6 is 0 Å². The summed E-state index contributed by atoms with van der Waals surface area (Å²) in [7, 11) is 0. The number of rotatable bonds is 18. The monoisotopic (exact) mass is 546 g/mol. The van der Waals surface area contributed by atoms with Crippen molar-refractivity contribution in [3.63, 3.8) is 0 Å². The number of hydrogen-bond acceptors (Lipinski definition) is 4. The van der Waals surface area contributed by atoms with Gasteiger partial charge in [0, 0.05) is 38.4 Å². The molecule has 1 aliphatic heterocycles. The zero-order chi connectivity index (χ0) is 28.7. The molecular formula is C33H46N4O3. The predicted octanol–water partition coefficient (Wildman–Crippen LogP) is 5.84. The van der Waals surface area contributed by atoms with E-state index in [0.717, 1.165) is 51.4 Å². The zero-order valence-electron chi connectivity index (χ0n) is 24.0. The van der Waals surface area contributed by atoms with Gasteiger partial charge in [-0.3, -0.25) is 19.4 Å². The summed E-state index contributed by atoms with van der Waals surface area (Å²) in [5.74, 6) is -0.346. The number of unbranched alkanes of at least 4 members (excludes halogenated alkanes) is 1. The second-order valence-corrected chi connectivity index (χ2v) is 9.63. The van der Waals surface area contributed by atoms with Crippen molar-refractivity contribution in [3.05, 3.63) is 90.9 Å². The van der Waals surface area contributed by atoms with Crippen LogP contribution in [0.4, 0.5) is 0 Å². The molecule has 1 aliphatic rings. The Morgan fingerprint density at radius 3 is 2.15 bits per heavy atom. The van der Waals surface area contributed by atoms with Gasteiger partial charge in [0.25, 0.3) is 5.91 Å². The van der Waals surface area contributed by atoms with E-state index in [-0.39, 0.29) is 17.7 Å². The van der Waals surface area contributed by atoms with Gasteiger partial charge in [-0.05, 0) is 69.9 Å². The minimum atomic E-state index is -0.421. The number of amides is 3. The van der Waals surface area contributed by atoms with Gasteiger partial charge in [-0.1, -0.05) is 67.7 Å². The first-order valence-corrected chi connectivity index (χ1v) is 14.6. The Morgan fingerprint density at radius 1 is 0.900 bits per heavy atom. The number of likely N-dealkylation sites (tertiary alicyclic amines) is 1. The van der Waals surface area contributed by atoms with Crippen LogP contribution < -0.4 is 10.6 Å². The lowest BCUT2D eigenvalue weighted by Gasteiger charge is -2.24. The van der Waals surface area contributed by atoms with Gasteiger partial charge in [0.1, 0.15) is 6.04 Å². The molecule has 2 rings (SSSR count). The lowest BCUT2D eigenvalue weighted by atomic mass is 10.1. The molecule has 1 aromatic heterocycles. The van der Waals surface area contributed by atoms with Gasteiger partial charge >= 0.3 is 0 Å². The summed E-state index contributed by atoms with van der Waals surface area (Å²) in [4.78, 5) is 43.1. The summed E-state index contributed by atoms with van der Waals surface area (Å²) in [6, 6.07) is 2.96. The number of nitrogens with one attached hydrogen (secondary N) is 2. The third kappa shape index (κ3) is 13.9. The number of hydrogen-bond donors (Lipinski definition) is 2. The van der Waals surface area contributed by atoms with Crippen LogP contribution in [0.1, 0.15) is 81.5 Å². The summed E-state index contributed by atoms with van der Waals surface area (Å²) in [5, 5.41) is 5.61. The van der Waals surface area contributed by atoms with Crippen LogP contribution in [0.15, 0.2) is 85.3 Å². The van der Waals surface area contributed by atoms with Crippen molar-refractivity contribution in [1.29, 1.82) is 0 Å². The minimum absolute atomic E-state index is 0.0369. The number of aromatic nitrogens is 1. The fraction of sp³-hybridized carbons (Fsp3) is 0.455. The summed E-state index contributed by atoms with van der Waals surface area (Å²) in [5.41, 5.74) is 0.478. The Balaban J connectivity index is 1.53. The summed E-state index contributed by atoms with van der Waals surface area (Å²) < 4.78 is 0. The van der Waals surface area contributed by atoms with Crippen LogP contribution in [0.5, 0.6) is 0 Å². The molecule has 7 nitrogen and oxygen atoms in total. The lowest BCUT2D eigenvalue weighted by Crippen LogP contribution is -2.47. The maximum absolute atomic E-state index is 12.7. The van der Waals surface area contributed by atoms with Crippen molar-refractivity contribution in [2.45, 2.75) is 77.2 Å². The molecule has 1 aromatic rings. The smallest absolute Gasteiger partial charge is 0.252 e. The van der Waals surface area contributed by atoms with Crippen LogP contribution in [0.2, 0.25) is 0 Å². The maximum atomic E-state index is 12.7. The predicted molar refractivity (Wildman–Crippen MR) is 163 cm³/mol.